The Kier molecular flexibility index (Phi) is 5.10. The molecule has 104 valence electrons. The fourth-order valence-electron chi connectivity index (χ4n) is 1.92. The van der Waals surface area contributed by atoms with Gasteiger partial charge in [-0.2, -0.15) is 0 Å². The van der Waals surface area contributed by atoms with E-state index < -0.39 is 11.2 Å². The summed E-state index contributed by atoms with van der Waals surface area (Å²) in [5, 5.41) is 9.56. The Balaban J connectivity index is 2.18. The predicted molar refractivity (Wildman–Crippen MR) is 83.6 cm³/mol. The van der Waals surface area contributed by atoms with Crippen molar-refractivity contribution in [2.75, 3.05) is 0 Å². The maximum absolute atomic E-state index is 11.5. The molecule has 0 bridgehead atoms. The molecule has 0 saturated heterocycles. The molecule has 0 aliphatic carbocycles. The molecule has 0 spiro atoms. The summed E-state index contributed by atoms with van der Waals surface area (Å²) in [6.45, 7) is 1.92. The largest absolute Gasteiger partial charge is 0.480 e. The summed E-state index contributed by atoms with van der Waals surface area (Å²) in [6.07, 6.45) is 0.460. The number of thioether (sulfide) groups is 1. The number of hydrogen-bond acceptors (Lipinski definition) is 2. The monoisotopic (exact) mass is 306 g/mol. The summed E-state index contributed by atoms with van der Waals surface area (Å²) in [4.78, 5) is 12.4. The molecule has 2 nitrogen and oxygen atoms in total. The van der Waals surface area contributed by atoms with Crippen LogP contribution in [0.15, 0.2) is 53.4 Å². The van der Waals surface area contributed by atoms with E-state index in [-0.39, 0.29) is 0 Å². The van der Waals surface area contributed by atoms with Crippen LogP contribution in [0.2, 0.25) is 5.02 Å². The topological polar surface area (TPSA) is 37.3 Å². The highest BCUT2D eigenvalue weighted by Crippen LogP contribution is 2.28. The van der Waals surface area contributed by atoms with Crippen LogP contribution in [-0.2, 0) is 11.2 Å². The summed E-state index contributed by atoms with van der Waals surface area (Å²) in [5.74, 6) is -0.807. The van der Waals surface area contributed by atoms with E-state index in [9.17, 15) is 9.90 Å². The summed E-state index contributed by atoms with van der Waals surface area (Å²) >= 11 is 7.45. The lowest BCUT2D eigenvalue weighted by atomic mass is 10.0. The van der Waals surface area contributed by atoms with Crippen LogP contribution < -0.4 is 0 Å². The number of carbonyl (C=O) groups is 1. The van der Waals surface area contributed by atoms with E-state index in [0.717, 1.165) is 16.0 Å². The zero-order chi connectivity index (χ0) is 14.5. The molecule has 0 aromatic heterocycles. The van der Waals surface area contributed by atoms with Crippen molar-refractivity contribution < 1.29 is 9.90 Å². The van der Waals surface area contributed by atoms with Crippen molar-refractivity contribution in [3.63, 3.8) is 0 Å². The van der Waals surface area contributed by atoms with Gasteiger partial charge in [0.1, 0.15) is 5.25 Å². The Hall–Kier alpha value is -1.45. The molecule has 2 rings (SSSR count). The minimum Gasteiger partial charge on any atom is -0.480 e. The SMILES string of the molecule is Cc1c(Cl)cccc1CC(Sc1ccccc1)C(=O)O. The molecule has 0 aliphatic rings. The maximum Gasteiger partial charge on any atom is 0.317 e. The van der Waals surface area contributed by atoms with Gasteiger partial charge in [0.15, 0.2) is 0 Å². The average molecular weight is 307 g/mol. The number of carboxylic acid groups (broad SMARTS) is 1. The van der Waals surface area contributed by atoms with Crippen LogP contribution in [-0.4, -0.2) is 16.3 Å². The number of hydrogen-bond donors (Lipinski definition) is 1. The van der Waals surface area contributed by atoms with E-state index in [1.165, 1.54) is 11.8 Å². The average Bonchev–Trinajstić information content (AvgIpc) is 2.44. The Morgan fingerprint density at radius 2 is 1.90 bits per heavy atom. The quantitative estimate of drug-likeness (QED) is 0.830. The second-order valence-corrected chi connectivity index (χ2v) is 6.17. The first-order valence-corrected chi connectivity index (χ1v) is 7.52. The van der Waals surface area contributed by atoms with Gasteiger partial charge in [-0.1, -0.05) is 41.9 Å². The third kappa shape index (κ3) is 3.78. The first-order valence-electron chi connectivity index (χ1n) is 6.26. The summed E-state index contributed by atoms with van der Waals surface area (Å²) in [6, 6.07) is 15.2. The van der Waals surface area contributed by atoms with Gasteiger partial charge in [0.05, 0.1) is 0 Å². The van der Waals surface area contributed by atoms with Gasteiger partial charge < -0.3 is 5.11 Å². The fourth-order valence-corrected chi connectivity index (χ4v) is 3.12. The molecule has 0 radical (unpaired) electrons. The first-order chi connectivity index (χ1) is 9.58. The van der Waals surface area contributed by atoms with Crippen molar-refractivity contribution >= 4 is 29.3 Å². The molecule has 2 aromatic carbocycles. The molecule has 0 fully saturated rings. The molecular formula is C16H15ClO2S. The molecule has 0 amide bonds. The lowest BCUT2D eigenvalue weighted by Gasteiger charge is -2.14. The van der Waals surface area contributed by atoms with Gasteiger partial charge >= 0.3 is 5.97 Å². The van der Waals surface area contributed by atoms with Crippen molar-refractivity contribution in [2.24, 2.45) is 0 Å². The van der Waals surface area contributed by atoms with Crippen molar-refractivity contribution in [1.29, 1.82) is 0 Å². The highest BCUT2D eigenvalue weighted by atomic mass is 35.5. The zero-order valence-corrected chi connectivity index (χ0v) is 12.6. The van der Waals surface area contributed by atoms with Crippen LogP contribution in [0.4, 0.5) is 0 Å². The van der Waals surface area contributed by atoms with E-state index in [4.69, 9.17) is 11.6 Å². The molecule has 4 heteroatoms. The summed E-state index contributed by atoms with van der Waals surface area (Å²) in [7, 11) is 0. The van der Waals surface area contributed by atoms with E-state index in [1.54, 1.807) is 0 Å². The van der Waals surface area contributed by atoms with Crippen LogP contribution in [0.5, 0.6) is 0 Å². The number of halogens is 1. The molecule has 1 unspecified atom stereocenters. The van der Waals surface area contributed by atoms with Gasteiger partial charge in [-0.25, -0.2) is 0 Å². The van der Waals surface area contributed by atoms with Crippen molar-refractivity contribution in [3.05, 3.63) is 64.7 Å². The first kappa shape index (κ1) is 14.9. The molecule has 1 atom stereocenters. The van der Waals surface area contributed by atoms with Crippen molar-refractivity contribution in [3.8, 4) is 0 Å². The van der Waals surface area contributed by atoms with E-state index in [2.05, 4.69) is 0 Å². The minimum atomic E-state index is -0.807. The van der Waals surface area contributed by atoms with Gasteiger partial charge in [-0.15, -0.1) is 11.8 Å². The lowest BCUT2D eigenvalue weighted by Crippen LogP contribution is -2.19. The fraction of sp³-hybridized carbons (Fsp3) is 0.188. The van der Waals surface area contributed by atoms with Gasteiger partial charge in [0.2, 0.25) is 0 Å². The predicted octanol–water partition coefficient (Wildman–Crippen LogP) is 4.44. The molecule has 0 saturated carbocycles. The molecule has 0 aliphatic heterocycles. The Morgan fingerprint density at radius 3 is 2.55 bits per heavy atom. The number of aliphatic carboxylic acids is 1. The molecule has 1 N–H and O–H groups in total. The zero-order valence-electron chi connectivity index (χ0n) is 11.0. The van der Waals surface area contributed by atoms with Gasteiger partial charge in [-0.05, 0) is 42.7 Å². The van der Waals surface area contributed by atoms with Gasteiger partial charge in [-0.3, -0.25) is 4.79 Å². The van der Waals surface area contributed by atoms with Gasteiger partial charge in [0.25, 0.3) is 0 Å². The number of benzene rings is 2. The Bertz CT molecular complexity index is 599. The van der Waals surface area contributed by atoms with Gasteiger partial charge in [0, 0.05) is 9.92 Å². The minimum absolute atomic E-state index is 0.460. The number of carboxylic acids is 1. The van der Waals surface area contributed by atoms with Crippen molar-refractivity contribution in [2.45, 2.75) is 23.5 Å². The summed E-state index contributed by atoms with van der Waals surface area (Å²) in [5.41, 5.74) is 1.93. The van der Waals surface area contributed by atoms with Crippen molar-refractivity contribution in [1.82, 2.24) is 0 Å². The standard InChI is InChI=1S/C16H15ClO2S/c1-11-12(6-5-9-14(11)17)10-15(16(18)19)20-13-7-3-2-4-8-13/h2-9,15H,10H2,1H3,(H,18,19). The maximum atomic E-state index is 11.5. The smallest absolute Gasteiger partial charge is 0.317 e. The van der Waals surface area contributed by atoms with E-state index in [0.29, 0.717) is 11.4 Å². The Labute approximate surface area is 127 Å². The molecule has 2 aromatic rings. The third-order valence-electron chi connectivity index (χ3n) is 3.08. The third-order valence-corrected chi connectivity index (χ3v) is 4.69. The molecule has 20 heavy (non-hydrogen) atoms. The Morgan fingerprint density at radius 1 is 1.20 bits per heavy atom. The number of rotatable bonds is 5. The molecular weight excluding hydrogens is 292 g/mol. The second-order valence-electron chi connectivity index (χ2n) is 4.49. The lowest BCUT2D eigenvalue weighted by molar-refractivity contribution is -0.136. The van der Waals surface area contributed by atoms with E-state index >= 15 is 0 Å². The highest BCUT2D eigenvalue weighted by molar-refractivity contribution is 8.00. The van der Waals surface area contributed by atoms with Crippen LogP contribution in [0.25, 0.3) is 0 Å². The second kappa shape index (κ2) is 6.82. The van der Waals surface area contributed by atoms with Crippen LogP contribution in [0, 0.1) is 6.92 Å². The highest BCUT2D eigenvalue weighted by Gasteiger charge is 2.20. The van der Waals surface area contributed by atoms with Crippen LogP contribution >= 0.6 is 23.4 Å². The normalized spacial score (nSPS) is 12.1. The molecule has 0 heterocycles. The van der Waals surface area contributed by atoms with Crippen LogP contribution in [0.3, 0.4) is 0 Å². The summed E-state index contributed by atoms with van der Waals surface area (Å²) < 4.78 is 0. The van der Waals surface area contributed by atoms with Crippen LogP contribution in [0.1, 0.15) is 11.1 Å². The van der Waals surface area contributed by atoms with E-state index in [1.807, 2.05) is 55.5 Å².